The quantitative estimate of drug-likeness (QED) is 0.110. The fourth-order valence-corrected chi connectivity index (χ4v) is 6.73. The number of carbonyl (C=O) groups excluding carboxylic acids is 1. The Kier molecular flexibility index (Phi) is 15.7. The fraction of sp³-hybridized carbons (Fsp3) is 0.500. The molecule has 2 saturated carbocycles. The predicted molar refractivity (Wildman–Crippen MR) is 182 cm³/mol. The maximum atomic E-state index is 11.7. The molecule has 0 unspecified atom stereocenters. The van der Waals surface area contributed by atoms with Crippen LogP contribution in [0.4, 0.5) is 0 Å². The summed E-state index contributed by atoms with van der Waals surface area (Å²) in [4.78, 5) is 32.1. The number of methoxy groups -OCH3 is 1. The number of hydrogen-bond donors (Lipinski definition) is 6. The standard InChI is InChI=1S/C18H23N3O3.C17H21N3O3.CH4O.Li.H2O/c1-11-6-14(9-15-8-12(2)20-21-15)19-16(7-11)18(23)5-4-13(10-18)17(22)24-3;1-10-5-13(8-14-7-11(2)19-20-14)18-15(6-10)17(23)4-3-12(9-17)16(21)22;1-2;;/h6-8,13,23H,4-5,9-10H2,1-3H3,(H,20,21);5-7,12,23H,3-4,8-9H2,1-2H3,(H,19,20)(H,21,22);2H,1H3;;1H2/q;;;+1;/p-1/t13-,18+;12-,17+;;;/m11.../s1. The molecule has 0 saturated heterocycles. The van der Waals surface area contributed by atoms with Crippen LogP contribution in [-0.2, 0) is 38.4 Å². The Labute approximate surface area is 310 Å². The minimum atomic E-state index is -1.15. The van der Waals surface area contributed by atoms with E-state index in [4.69, 9.17) is 14.9 Å². The molecular formula is C36H49LiN6O8. The minimum Gasteiger partial charge on any atom is -0.870 e. The maximum Gasteiger partial charge on any atom is 1.00 e. The van der Waals surface area contributed by atoms with E-state index < -0.39 is 23.1 Å². The van der Waals surface area contributed by atoms with Gasteiger partial charge in [-0.05, 0) is 114 Å². The number of carbonyl (C=O) groups is 2. The first-order valence-corrected chi connectivity index (χ1v) is 16.4. The van der Waals surface area contributed by atoms with Crippen LogP contribution in [0.2, 0.25) is 0 Å². The largest absolute Gasteiger partial charge is 1.00 e. The van der Waals surface area contributed by atoms with Crippen molar-refractivity contribution < 1.29 is 59.1 Å². The van der Waals surface area contributed by atoms with E-state index in [-0.39, 0.29) is 42.6 Å². The van der Waals surface area contributed by atoms with Crippen LogP contribution in [0.15, 0.2) is 36.4 Å². The van der Waals surface area contributed by atoms with Gasteiger partial charge in [0.25, 0.3) is 0 Å². The number of esters is 1. The van der Waals surface area contributed by atoms with Gasteiger partial charge in [-0.3, -0.25) is 29.8 Å². The molecule has 0 amide bonds. The third-order valence-corrected chi connectivity index (χ3v) is 9.11. The number of rotatable bonds is 8. The summed E-state index contributed by atoms with van der Waals surface area (Å²) >= 11 is 0. The summed E-state index contributed by atoms with van der Waals surface area (Å²) < 4.78 is 4.81. The van der Waals surface area contributed by atoms with E-state index >= 15 is 0 Å². The van der Waals surface area contributed by atoms with Crippen molar-refractivity contribution >= 4 is 11.9 Å². The third-order valence-electron chi connectivity index (χ3n) is 9.11. The molecule has 0 radical (unpaired) electrons. The number of ether oxygens (including phenoxy) is 1. The number of aliphatic hydroxyl groups excluding tert-OH is 1. The van der Waals surface area contributed by atoms with Crippen LogP contribution in [0.1, 0.15) is 95.2 Å². The van der Waals surface area contributed by atoms with Gasteiger partial charge in [-0.2, -0.15) is 10.2 Å². The Bertz CT molecular complexity index is 1760. The monoisotopic (exact) mass is 700 g/mol. The number of pyridine rings is 2. The van der Waals surface area contributed by atoms with E-state index in [1.54, 1.807) is 0 Å². The topological polar surface area (TPSA) is 237 Å². The molecule has 15 heteroatoms. The first-order valence-electron chi connectivity index (χ1n) is 16.4. The summed E-state index contributed by atoms with van der Waals surface area (Å²) in [5.74, 6) is -1.87. The van der Waals surface area contributed by atoms with Gasteiger partial charge in [0.2, 0.25) is 0 Å². The van der Waals surface area contributed by atoms with E-state index in [1.807, 2.05) is 64.1 Å². The van der Waals surface area contributed by atoms with Gasteiger partial charge in [0.05, 0.1) is 41.7 Å². The molecule has 2 fully saturated rings. The van der Waals surface area contributed by atoms with Crippen LogP contribution in [-0.4, -0.2) is 82.4 Å². The van der Waals surface area contributed by atoms with Crippen molar-refractivity contribution in [2.24, 2.45) is 11.8 Å². The number of aliphatic hydroxyl groups is 3. The van der Waals surface area contributed by atoms with Crippen LogP contribution < -0.4 is 18.9 Å². The average molecular weight is 701 g/mol. The van der Waals surface area contributed by atoms with Gasteiger partial charge in [0.15, 0.2) is 0 Å². The first-order chi connectivity index (χ1) is 23.2. The normalized spacial score (nSPS) is 22.0. The molecule has 14 nitrogen and oxygen atoms in total. The summed E-state index contributed by atoms with van der Waals surface area (Å²) in [5, 5.41) is 52.3. The van der Waals surface area contributed by atoms with Crippen molar-refractivity contribution in [1.82, 2.24) is 30.4 Å². The van der Waals surface area contributed by atoms with Crippen LogP contribution >= 0.6 is 0 Å². The van der Waals surface area contributed by atoms with E-state index in [2.05, 4.69) is 30.4 Å². The van der Waals surface area contributed by atoms with Crippen molar-refractivity contribution in [3.63, 3.8) is 0 Å². The molecule has 4 heterocycles. The van der Waals surface area contributed by atoms with Gasteiger partial charge in [-0.15, -0.1) is 0 Å². The van der Waals surface area contributed by atoms with E-state index in [9.17, 15) is 19.8 Å². The molecule has 4 aromatic rings. The Morgan fingerprint density at radius 2 is 1.16 bits per heavy atom. The second kappa shape index (κ2) is 18.5. The number of nitrogens with zero attached hydrogens (tertiary/aromatic N) is 4. The number of carboxylic acids is 1. The van der Waals surface area contributed by atoms with Crippen molar-refractivity contribution in [3.8, 4) is 0 Å². The Hall–Kier alpha value is -3.90. The number of carboxylic acid groups (broad SMARTS) is 1. The fourth-order valence-electron chi connectivity index (χ4n) is 6.73. The molecule has 2 aliphatic rings. The summed E-state index contributed by atoms with van der Waals surface area (Å²) in [6.07, 6.45) is 3.82. The number of aromatic nitrogens is 6. The molecular weight excluding hydrogens is 651 g/mol. The van der Waals surface area contributed by atoms with Gasteiger partial charge < -0.3 is 30.6 Å². The average Bonchev–Trinajstić information content (AvgIpc) is 3.86. The Morgan fingerprint density at radius 3 is 1.51 bits per heavy atom. The smallest absolute Gasteiger partial charge is 0.870 e. The van der Waals surface area contributed by atoms with E-state index in [0.29, 0.717) is 56.3 Å². The number of aromatic amines is 2. The molecule has 51 heavy (non-hydrogen) atoms. The van der Waals surface area contributed by atoms with Crippen molar-refractivity contribution in [2.75, 3.05) is 14.2 Å². The van der Waals surface area contributed by atoms with Gasteiger partial charge in [-0.25, -0.2) is 0 Å². The molecule has 2 aliphatic carbocycles. The minimum absolute atomic E-state index is 0. The molecule has 272 valence electrons. The van der Waals surface area contributed by atoms with E-state index in [0.717, 1.165) is 52.4 Å². The second-order valence-electron chi connectivity index (χ2n) is 13.3. The zero-order chi connectivity index (χ0) is 35.9. The number of aliphatic carboxylic acids is 1. The first kappa shape index (κ1) is 43.3. The van der Waals surface area contributed by atoms with Crippen LogP contribution in [0, 0.1) is 39.5 Å². The SMILES string of the molecule is CO.COC(=O)[C@@H]1CC[C@@](O)(c2cc(C)cc(Cc3cc(C)[nH]n3)n2)C1.Cc1cc(Cc2cc(C)[nH]n2)nc([C@]2(O)CC[C@@H](C(=O)O)C2)c1.[Li+].[OH-]. The van der Waals surface area contributed by atoms with Gasteiger partial charge >= 0.3 is 30.8 Å². The molecule has 4 aromatic heterocycles. The molecule has 0 aromatic carbocycles. The van der Waals surface area contributed by atoms with Crippen LogP contribution in [0.3, 0.4) is 0 Å². The van der Waals surface area contributed by atoms with Gasteiger partial charge in [-0.1, -0.05) is 0 Å². The molecule has 0 spiro atoms. The second-order valence-corrected chi connectivity index (χ2v) is 13.3. The van der Waals surface area contributed by atoms with Crippen LogP contribution in [0.25, 0.3) is 0 Å². The summed E-state index contributed by atoms with van der Waals surface area (Å²) in [6, 6.07) is 11.7. The summed E-state index contributed by atoms with van der Waals surface area (Å²) in [7, 11) is 2.38. The summed E-state index contributed by atoms with van der Waals surface area (Å²) in [6.45, 7) is 7.84. The number of H-pyrrole nitrogens is 2. The van der Waals surface area contributed by atoms with Crippen molar-refractivity contribution in [2.45, 2.75) is 90.3 Å². The predicted octanol–water partition coefficient (Wildman–Crippen LogP) is 0.693. The molecule has 0 aliphatic heterocycles. The number of aryl methyl sites for hydroxylation is 4. The number of nitrogens with one attached hydrogen (secondary N) is 2. The third kappa shape index (κ3) is 11.0. The van der Waals surface area contributed by atoms with Gasteiger partial charge in [0.1, 0.15) is 11.2 Å². The van der Waals surface area contributed by atoms with Crippen LogP contribution in [0.5, 0.6) is 0 Å². The Balaban J connectivity index is 0.000000325. The maximum absolute atomic E-state index is 11.7. The Morgan fingerprint density at radius 1 is 0.745 bits per heavy atom. The van der Waals surface area contributed by atoms with E-state index in [1.165, 1.54) is 7.11 Å². The molecule has 7 N–H and O–H groups in total. The van der Waals surface area contributed by atoms with Crippen molar-refractivity contribution in [1.29, 1.82) is 0 Å². The molecule has 4 atom stereocenters. The number of hydrogen-bond acceptors (Lipinski definition) is 11. The van der Waals surface area contributed by atoms with Crippen molar-refractivity contribution in [3.05, 3.63) is 93.1 Å². The zero-order valence-electron chi connectivity index (χ0n) is 30.5. The van der Waals surface area contributed by atoms with Gasteiger partial charge in [0, 0.05) is 42.7 Å². The summed E-state index contributed by atoms with van der Waals surface area (Å²) in [5.41, 5.74) is 6.55. The zero-order valence-corrected chi connectivity index (χ0v) is 30.5. The molecule has 0 bridgehead atoms. The molecule has 6 rings (SSSR count).